The Hall–Kier alpha value is -3.53. The Kier molecular flexibility index (Phi) is 5.17. The molecule has 6 rings (SSSR count). The molecule has 0 spiro atoms. The van der Waals surface area contributed by atoms with Crippen LogP contribution in [-0.4, -0.2) is 58.0 Å². The fourth-order valence-corrected chi connectivity index (χ4v) is 5.61. The van der Waals surface area contributed by atoms with Crippen LogP contribution in [0.5, 0.6) is 0 Å². The molecule has 2 atom stereocenters. The van der Waals surface area contributed by atoms with Crippen molar-refractivity contribution in [3.8, 4) is 0 Å². The third kappa shape index (κ3) is 3.49. The van der Waals surface area contributed by atoms with Crippen LogP contribution in [0.2, 0.25) is 0 Å². The zero-order valence-electron chi connectivity index (χ0n) is 19.1. The number of nitrogens with zero attached hydrogens (tertiary/aromatic N) is 5. The molecule has 3 fully saturated rings. The second-order valence-corrected chi connectivity index (χ2v) is 9.39. The maximum absolute atomic E-state index is 12.7. The average molecular weight is 461 g/mol. The Morgan fingerprint density at radius 3 is 2.74 bits per heavy atom. The maximum atomic E-state index is 12.7. The van der Waals surface area contributed by atoms with Gasteiger partial charge in [0.2, 0.25) is 11.9 Å². The summed E-state index contributed by atoms with van der Waals surface area (Å²) in [6, 6.07) is 5.87. The van der Waals surface area contributed by atoms with E-state index in [0.29, 0.717) is 23.4 Å². The normalized spacial score (nSPS) is 22.5. The number of pyridine rings is 1. The highest BCUT2D eigenvalue weighted by Gasteiger charge is 2.43. The fraction of sp³-hybridized carbons (Fsp3) is 0.458. The molecule has 34 heavy (non-hydrogen) atoms. The molecule has 3 aromatic rings. The summed E-state index contributed by atoms with van der Waals surface area (Å²) in [7, 11) is 1.64. The molecular formula is C24H28N8O2. The third-order valence-corrected chi connectivity index (χ3v) is 7.36. The molecule has 2 aliphatic heterocycles. The highest BCUT2D eigenvalue weighted by Crippen LogP contribution is 2.35. The van der Waals surface area contributed by atoms with Gasteiger partial charge in [0.25, 0.3) is 5.91 Å². The minimum absolute atomic E-state index is 0.0775. The summed E-state index contributed by atoms with van der Waals surface area (Å²) in [5.74, 6) is 1.53. The van der Waals surface area contributed by atoms with E-state index in [-0.39, 0.29) is 23.8 Å². The number of carbonyl (C=O) groups excluding carboxylic acids is 2. The van der Waals surface area contributed by atoms with Crippen LogP contribution in [0.3, 0.4) is 0 Å². The molecule has 3 N–H and O–H groups in total. The Morgan fingerprint density at radius 1 is 1.15 bits per heavy atom. The van der Waals surface area contributed by atoms with Crippen LogP contribution in [0.4, 0.5) is 17.5 Å². The number of anilines is 3. The molecule has 2 saturated heterocycles. The second-order valence-electron chi connectivity index (χ2n) is 9.39. The predicted octanol–water partition coefficient (Wildman–Crippen LogP) is 2.23. The summed E-state index contributed by atoms with van der Waals surface area (Å²) in [6.07, 6.45) is 7.85. The molecular weight excluding hydrogens is 432 g/mol. The van der Waals surface area contributed by atoms with Gasteiger partial charge in [0.05, 0.1) is 17.8 Å². The van der Waals surface area contributed by atoms with E-state index in [2.05, 4.69) is 30.5 Å². The molecule has 10 nitrogen and oxygen atoms in total. The van der Waals surface area contributed by atoms with Crippen LogP contribution in [0.1, 0.15) is 42.2 Å². The number of aromatic nitrogens is 4. The molecule has 3 aromatic heterocycles. The van der Waals surface area contributed by atoms with E-state index in [9.17, 15) is 9.59 Å². The van der Waals surface area contributed by atoms with E-state index in [1.807, 2.05) is 23.1 Å². The van der Waals surface area contributed by atoms with Crippen LogP contribution in [0.25, 0.3) is 11.0 Å². The lowest BCUT2D eigenvalue weighted by Gasteiger charge is -2.18. The van der Waals surface area contributed by atoms with Crippen molar-refractivity contribution in [2.24, 2.45) is 11.8 Å². The predicted molar refractivity (Wildman–Crippen MR) is 128 cm³/mol. The van der Waals surface area contributed by atoms with Gasteiger partial charge in [-0.05, 0) is 31.0 Å². The molecule has 0 bridgehead atoms. The molecule has 3 aliphatic rings. The molecule has 176 valence electrons. The number of nitrogens with one attached hydrogen (secondary N) is 3. The van der Waals surface area contributed by atoms with Gasteiger partial charge in [0.15, 0.2) is 0 Å². The largest absolute Gasteiger partial charge is 0.354 e. The number of rotatable bonds is 5. The van der Waals surface area contributed by atoms with E-state index in [4.69, 9.17) is 4.98 Å². The fourth-order valence-electron chi connectivity index (χ4n) is 5.61. The first-order valence-electron chi connectivity index (χ1n) is 12.0. The number of hydrogen-bond donors (Lipinski definition) is 3. The zero-order chi connectivity index (χ0) is 23.2. The lowest BCUT2D eigenvalue weighted by atomic mass is 10.0. The summed E-state index contributed by atoms with van der Waals surface area (Å²) in [4.78, 5) is 40.8. The third-order valence-electron chi connectivity index (χ3n) is 7.36. The van der Waals surface area contributed by atoms with Gasteiger partial charge < -0.3 is 25.4 Å². The van der Waals surface area contributed by atoms with Gasteiger partial charge in [-0.2, -0.15) is 4.98 Å². The highest BCUT2D eigenvalue weighted by molar-refractivity contribution is 5.98. The minimum Gasteiger partial charge on any atom is -0.354 e. The Morgan fingerprint density at radius 2 is 2.00 bits per heavy atom. The monoisotopic (exact) mass is 460 g/mol. The van der Waals surface area contributed by atoms with Crippen LogP contribution >= 0.6 is 0 Å². The quantitative estimate of drug-likeness (QED) is 0.534. The van der Waals surface area contributed by atoms with Crippen LogP contribution in [-0.2, 0) is 4.79 Å². The average Bonchev–Trinajstić information content (AvgIpc) is 3.64. The van der Waals surface area contributed by atoms with Gasteiger partial charge in [-0.25, -0.2) is 9.97 Å². The first-order chi connectivity index (χ1) is 16.6. The van der Waals surface area contributed by atoms with Crippen LogP contribution in [0.15, 0.2) is 30.6 Å². The molecule has 1 saturated carbocycles. The Bertz CT molecular complexity index is 1250. The number of carbonyl (C=O) groups is 2. The summed E-state index contributed by atoms with van der Waals surface area (Å²) in [5, 5.41) is 10.1. The van der Waals surface area contributed by atoms with E-state index < -0.39 is 0 Å². The van der Waals surface area contributed by atoms with E-state index in [1.165, 1.54) is 0 Å². The van der Waals surface area contributed by atoms with Crippen molar-refractivity contribution < 1.29 is 9.59 Å². The van der Waals surface area contributed by atoms with Crippen molar-refractivity contribution in [2.75, 3.05) is 36.9 Å². The molecule has 0 unspecified atom stereocenters. The standard InChI is InChI=1S/C24H28N8O2/c1-25-22(33)19-8-14-10-28-24(30-21(14)32(19)16-4-2-3-5-16)29-20-7-6-17(11-27-20)31-13-15-9-26-12-18(15)23(31)34/h6-8,10-11,15-16,18,26H,2-5,9,12-13H2,1H3,(H,25,33)(H,27,28,29,30)/t15-,18-/m0/s1. The first kappa shape index (κ1) is 21.0. The van der Waals surface area contributed by atoms with Crippen molar-refractivity contribution in [1.82, 2.24) is 30.2 Å². The topological polar surface area (TPSA) is 117 Å². The maximum Gasteiger partial charge on any atom is 0.267 e. The number of fused-ring (bicyclic) bond motifs is 2. The first-order valence-corrected chi connectivity index (χ1v) is 12.0. The van der Waals surface area contributed by atoms with E-state index >= 15 is 0 Å². The lowest BCUT2D eigenvalue weighted by Crippen LogP contribution is -2.30. The summed E-state index contributed by atoms with van der Waals surface area (Å²) in [5.41, 5.74) is 2.18. The molecule has 0 radical (unpaired) electrons. The van der Waals surface area contributed by atoms with Crippen LogP contribution < -0.4 is 20.9 Å². The molecule has 2 amide bonds. The van der Waals surface area contributed by atoms with Crippen molar-refractivity contribution in [3.05, 3.63) is 36.3 Å². The number of hydrogen-bond acceptors (Lipinski definition) is 7. The molecule has 10 heteroatoms. The lowest BCUT2D eigenvalue weighted by molar-refractivity contribution is -0.120. The van der Waals surface area contributed by atoms with Crippen molar-refractivity contribution in [1.29, 1.82) is 0 Å². The van der Waals surface area contributed by atoms with E-state index in [1.54, 1.807) is 19.4 Å². The Labute approximate surface area is 197 Å². The number of amides is 2. The SMILES string of the molecule is CNC(=O)c1cc2cnc(Nc3ccc(N4C[C@@H]5CNC[C@@H]5C4=O)cn3)nc2n1C1CCCC1. The molecule has 1 aliphatic carbocycles. The smallest absolute Gasteiger partial charge is 0.267 e. The molecule has 0 aromatic carbocycles. The molecule has 5 heterocycles. The Balaban J connectivity index is 1.26. The van der Waals surface area contributed by atoms with Gasteiger partial charge in [-0.3, -0.25) is 9.59 Å². The van der Waals surface area contributed by atoms with Crippen molar-refractivity contribution in [3.63, 3.8) is 0 Å². The van der Waals surface area contributed by atoms with Gasteiger partial charge in [-0.1, -0.05) is 12.8 Å². The van der Waals surface area contributed by atoms with Crippen molar-refractivity contribution in [2.45, 2.75) is 31.7 Å². The van der Waals surface area contributed by atoms with Gasteiger partial charge in [0.1, 0.15) is 17.2 Å². The zero-order valence-corrected chi connectivity index (χ0v) is 19.1. The summed E-state index contributed by atoms with van der Waals surface area (Å²) in [6.45, 7) is 2.39. The van der Waals surface area contributed by atoms with Crippen molar-refractivity contribution >= 4 is 40.3 Å². The van der Waals surface area contributed by atoms with E-state index in [0.717, 1.165) is 62.0 Å². The van der Waals surface area contributed by atoms with Gasteiger partial charge >= 0.3 is 0 Å². The van der Waals surface area contributed by atoms with Crippen LogP contribution in [0, 0.1) is 11.8 Å². The second kappa shape index (κ2) is 8.35. The van der Waals surface area contributed by atoms with Gasteiger partial charge in [0, 0.05) is 50.2 Å². The summed E-state index contributed by atoms with van der Waals surface area (Å²) >= 11 is 0. The highest BCUT2D eigenvalue weighted by atomic mass is 16.2. The minimum atomic E-state index is -0.118. The van der Waals surface area contributed by atoms with Gasteiger partial charge in [-0.15, -0.1) is 0 Å². The summed E-state index contributed by atoms with van der Waals surface area (Å²) < 4.78 is 2.06.